The molecule has 1 heteroatoms. The van der Waals surface area contributed by atoms with Gasteiger partial charge < -0.3 is 0 Å². The van der Waals surface area contributed by atoms with E-state index >= 15 is 0 Å². The Morgan fingerprint density at radius 3 is 2.39 bits per heavy atom. The molecule has 0 radical (unpaired) electrons. The van der Waals surface area contributed by atoms with Gasteiger partial charge in [0, 0.05) is 3.42 Å². The van der Waals surface area contributed by atoms with E-state index in [2.05, 4.69) is 117 Å². The molecule has 0 saturated carbocycles. The Kier molecular flexibility index (Phi) is 6.71. The summed E-state index contributed by atoms with van der Waals surface area (Å²) in [4.78, 5) is 0. The molecule has 0 N–H and O–H groups in total. The van der Waals surface area contributed by atoms with Crippen LogP contribution in [0.4, 0.5) is 0 Å². The van der Waals surface area contributed by atoms with Crippen LogP contribution in [0.3, 0.4) is 0 Å². The number of rotatable bonds is 7. The Labute approximate surface area is 201 Å². The van der Waals surface area contributed by atoms with Crippen LogP contribution in [0.2, 0.25) is 0 Å². The highest BCUT2D eigenvalue weighted by Crippen LogP contribution is 2.35. The van der Waals surface area contributed by atoms with Crippen LogP contribution in [0.5, 0.6) is 0 Å². The molecule has 0 nitrogen and oxygen atoms in total. The van der Waals surface area contributed by atoms with Crippen molar-refractivity contribution in [2.75, 3.05) is 0 Å². The second-order valence-electron chi connectivity index (χ2n) is 9.48. The quantitative estimate of drug-likeness (QED) is 0.216. The molecule has 3 aromatic carbocycles. The Balaban J connectivity index is 1.49. The van der Waals surface area contributed by atoms with Gasteiger partial charge in [-0.2, -0.15) is 0 Å². The number of hydrogen-bond donors (Lipinski definition) is 0. The van der Waals surface area contributed by atoms with Crippen molar-refractivity contribution >= 4 is 28.2 Å². The fraction of sp³-hybridized carbons (Fsp3) is 0.333. The first-order chi connectivity index (χ1) is 14.8. The maximum Gasteiger partial charge on any atom is 0.0414 e. The monoisotopic (exact) mass is 520 g/mol. The van der Waals surface area contributed by atoms with Crippen molar-refractivity contribution in [3.63, 3.8) is 0 Å². The van der Waals surface area contributed by atoms with Gasteiger partial charge in [-0.25, -0.2) is 0 Å². The first-order valence-corrected chi connectivity index (χ1v) is 12.6. The second kappa shape index (κ2) is 9.32. The Hall–Kier alpha value is -1.87. The Morgan fingerprint density at radius 1 is 0.968 bits per heavy atom. The van der Waals surface area contributed by atoms with Crippen molar-refractivity contribution in [1.82, 2.24) is 0 Å². The summed E-state index contributed by atoms with van der Waals surface area (Å²) in [5.74, 6) is 0.844. The molecule has 1 aliphatic rings. The zero-order valence-electron chi connectivity index (χ0n) is 19.0. The van der Waals surface area contributed by atoms with Crippen LogP contribution in [-0.2, 0) is 22.7 Å². The Morgan fingerprint density at radius 2 is 1.68 bits per heavy atom. The lowest BCUT2D eigenvalue weighted by Gasteiger charge is -2.18. The van der Waals surface area contributed by atoms with E-state index in [4.69, 9.17) is 0 Å². The lowest BCUT2D eigenvalue weighted by Crippen LogP contribution is -2.05. The van der Waals surface area contributed by atoms with Crippen LogP contribution in [0.25, 0.3) is 16.7 Å². The third-order valence-electron chi connectivity index (χ3n) is 6.77. The first kappa shape index (κ1) is 22.3. The van der Waals surface area contributed by atoms with Gasteiger partial charge in [-0.05, 0) is 90.0 Å². The smallest absolute Gasteiger partial charge is 0.0414 e. The molecule has 1 aliphatic carbocycles. The third kappa shape index (κ3) is 5.14. The normalized spacial score (nSPS) is 15.7. The first-order valence-electron chi connectivity index (χ1n) is 11.5. The van der Waals surface area contributed by atoms with Crippen molar-refractivity contribution in [2.45, 2.75) is 56.3 Å². The van der Waals surface area contributed by atoms with Crippen molar-refractivity contribution in [3.8, 4) is 11.1 Å². The van der Waals surface area contributed by atoms with Gasteiger partial charge in [0.05, 0.1) is 0 Å². The van der Waals surface area contributed by atoms with Crippen LogP contribution in [0.15, 0.2) is 73.3 Å². The highest BCUT2D eigenvalue weighted by molar-refractivity contribution is 14.1. The Bertz CT molecular complexity index is 1070. The van der Waals surface area contributed by atoms with Gasteiger partial charge in [0.1, 0.15) is 0 Å². The maximum atomic E-state index is 4.48. The van der Waals surface area contributed by atoms with E-state index in [-0.39, 0.29) is 3.42 Å². The van der Waals surface area contributed by atoms with Gasteiger partial charge >= 0.3 is 0 Å². The van der Waals surface area contributed by atoms with Crippen LogP contribution in [-0.4, -0.2) is 0 Å². The summed E-state index contributed by atoms with van der Waals surface area (Å²) in [5, 5.41) is 0. The molecule has 0 heterocycles. The maximum absolute atomic E-state index is 4.48. The molecular formula is C30H33I. The molecule has 0 saturated heterocycles. The van der Waals surface area contributed by atoms with E-state index in [1.165, 1.54) is 52.7 Å². The number of fused-ring (bicyclic) bond motifs is 1. The summed E-state index contributed by atoms with van der Waals surface area (Å²) in [6, 6.07) is 24.9. The van der Waals surface area contributed by atoms with E-state index in [9.17, 15) is 0 Å². The average Bonchev–Trinajstić information content (AvgIpc) is 3.19. The molecule has 160 valence electrons. The minimum Gasteiger partial charge on any atom is -0.0952 e. The van der Waals surface area contributed by atoms with Gasteiger partial charge in [0.15, 0.2) is 0 Å². The van der Waals surface area contributed by atoms with Gasteiger partial charge in [-0.15, -0.1) is 0 Å². The molecule has 1 atom stereocenters. The molecule has 3 aromatic rings. The molecule has 0 aliphatic heterocycles. The minimum absolute atomic E-state index is 0.145. The zero-order chi connectivity index (χ0) is 22.0. The number of hydrogen-bond acceptors (Lipinski definition) is 0. The molecule has 0 amide bonds. The summed E-state index contributed by atoms with van der Waals surface area (Å²) >= 11 is 2.50. The average molecular weight is 520 g/mol. The highest BCUT2D eigenvalue weighted by Gasteiger charge is 2.20. The summed E-state index contributed by atoms with van der Waals surface area (Å²) in [6.07, 6.45) is 5.85. The summed E-state index contributed by atoms with van der Waals surface area (Å²) in [7, 11) is 0. The summed E-state index contributed by atoms with van der Waals surface area (Å²) in [5.41, 5.74) is 11.0. The second-order valence-corrected chi connectivity index (χ2v) is 12.2. The lowest BCUT2D eigenvalue weighted by molar-refractivity contribution is 0.543. The van der Waals surface area contributed by atoms with E-state index in [1.54, 1.807) is 11.1 Å². The van der Waals surface area contributed by atoms with Gasteiger partial charge in [-0.3, -0.25) is 0 Å². The fourth-order valence-electron chi connectivity index (χ4n) is 4.73. The third-order valence-corrected chi connectivity index (χ3v) is 7.39. The standard InChI is InChI=1S/C30H33I/c1-5-22-18-25-13-12-23(20-26(25)19-22)11-10-21(2)28-8-6-7-9-29(28)24-14-16-27(17-15-24)30(3,4)31/h6-9,12-17,20,22H,2,5,10-11,18-19H2,1,3-4H3. The van der Waals surface area contributed by atoms with Crippen molar-refractivity contribution < 1.29 is 0 Å². The lowest BCUT2D eigenvalue weighted by atomic mass is 9.91. The zero-order valence-corrected chi connectivity index (χ0v) is 21.2. The number of aryl methyl sites for hydroxylation is 1. The van der Waals surface area contributed by atoms with Crippen LogP contribution in [0, 0.1) is 5.92 Å². The predicted molar refractivity (Wildman–Crippen MR) is 144 cm³/mol. The molecule has 0 bridgehead atoms. The van der Waals surface area contributed by atoms with Crippen LogP contribution < -0.4 is 0 Å². The minimum atomic E-state index is 0.145. The molecule has 0 spiro atoms. The van der Waals surface area contributed by atoms with Gasteiger partial charge in [0.2, 0.25) is 0 Å². The van der Waals surface area contributed by atoms with E-state index in [0.29, 0.717) is 0 Å². The number of allylic oxidation sites excluding steroid dienone is 1. The molecule has 4 rings (SSSR count). The molecule has 1 unspecified atom stereocenters. The number of halogens is 1. The molecule has 31 heavy (non-hydrogen) atoms. The highest BCUT2D eigenvalue weighted by atomic mass is 127. The van der Waals surface area contributed by atoms with Gasteiger partial charge in [-0.1, -0.05) is 109 Å². The molecule has 0 fully saturated rings. The fourth-order valence-corrected chi connectivity index (χ4v) is 5.09. The van der Waals surface area contributed by atoms with Crippen LogP contribution >= 0.6 is 22.6 Å². The number of alkyl halides is 1. The molecular weight excluding hydrogens is 487 g/mol. The van der Waals surface area contributed by atoms with Crippen molar-refractivity contribution in [1.29, 1.82) is 0 Å². The van der Waals surface area contributed by atoms with Crippen molar-refractivity contribution in [2.24, 2.45) is 5.92 Å². The largest absolute Gasteiger partial charge is 0.0952 e. The predicted octanol–water partition coefficient (Wildman–Crippen LogP) is 8.79. The van der Waals surface area contributed by atoms with Crippen LogP contribution in [0.1, 0.15) is 61.4 Å². The van der Waals surface area contributed by atoms with E-state index < -0.39 is 0 Å². The van der Waals surface area contributed by atoms with Crippen molar-refractivity contribution in [3.05, 3.63) is 101 Å². The van der Waals surface area contributed by atoms with Gasteiger partial charge in [0.25, 0.3) is 0 Å². The number of benzene rings is 3. The summed E-state index contributed by atoms with van der Waals surface area (Å²) < 4.78 is 0.145. The SMILES string of the molecule is C=C(CCc1ccc2c(c1)CC(CC)C2)c1ccccc1-c1ccc(C(C)(C)I)cc1. The van der Waals surface area contributed by atoms with E-state index in [1.807, 2.05) is 0 Å². The molecule has 0 aromatic heterocycles. The van der Waals surface area contributed by atoms with E-state index in [0.717, 1.165) is 18.8 Å². The topological polar surface area (TPSA) is 0 Å². The summed E-state index contributed by atoms with van der Waals surface area (Å²) in [6.45, 7) is 11.3.